The Balaban J connectivity index is 1.39. The standard InChI is InChI=1S/C27H30BrClN2O3/c28-11-10-25(33)30-15-22-13-21(32)14-26(34-22)31-16-20(27-23(29)2-1-3-24(27)31)12-17-4-6-18(7-5-17)19-8-9-19/h1-7,16,19,21-22,26,32H,8-15H2,(H,30,33)/t21-,22-,26+/m0/s1. The van der Waals surface area contributed by atoms with Gasteiger partial charge in [0, 0.05) is 42.7 Å². The number of aliphatic hydroxyl groups is 1. The SMILES string of the molecule is O=C(CCBr)NC[C@@H]1C[C@H](O)C[C@H](n2cc(Cc3ccc(C4CC4)cc3)c3c(Cl)cccc32)O1. The lowest BCUT2D eigenvalue weighted by Gasteiger charge is -2.34. The number of aromatic nitrogens is 1. The van der Waals surface area contributed by atoms with E-state index in [0.717, 1.165) is 33.8 Å². The van der Waals surface area contributed by atoms with Gasteiger partial charge < -0.3 is 19.7 Å². The fraction of sp³-hybridized carbons (Fsp3) is 0.444. The number of rotatable bonds is 8. The number of fused-ring (bicyclic) bond motifs is 1. The highest BCUT2D eigenvalue weighted by molar-refractivity contribution is 9.09. The van der Waals surface area contributed by atoms with Crippen LogP contribution in [0.4, 0.5) is 0 Å². The monoisotopic (exact) mass is 544 g/mol. The number of carbonyl (C=O) groups is 1. The summed E-state index contributed by atoms with van der Waals surface area (Å²) in [5.74, 6) is 0.725. The molecular formula is C27H30BrClN2O3. The van der Waals surface area contributed by atoms with E-state index in [1.54, 1.807) is 0 Å². The molecule has 5 rings (SSSR count). The van der Waals surface area contributed by atoms with Crippen molar-refractivity contribution in [3.8, 4) is 0 Å². The van der Waals surface area contributed by atoms with Gasteiger partial charge in [-0.1, -0.05) is 57.9 Å². The van der Waals surface area contributed by atoms with Gasteiger partial charge in [0.15, 0.2) is 0 Å². The maximum Gasteiger partial charge on any atom is 0.220 e. The summed E-state index contributed by atoms with van der Waals surface area (Å²) in [6.07, 6.45) is 5.86. The van der Waals surface area contributed by atoms with Gasteiger partial charge in [0.05, 0.1) is 22.7 Å². The van der Waals surface area contributed by atoms with E-state index in [0.29, 0.717) is 31.1 Å². The molecule has 1 aliphatic heterocycles. The van der Waals surface area contributed by atoms with Crippen LogP contribution in [-0.2, 0) is 16.0 Å². The van der Waals surface area contributed by atoms with Gasteiger partial charge in [0.25, 0.3) is 0 Å². The van der Waals surface area contributed by atoms with Crippen molar-refractivity contribution in [3.63, 3.8) is 0 Å². The summed E-state index contributed by atoms with van der Waals surface area (Å²) >= 11 is 9.96. The first-order valence-corrected chi connectivity index (χ1v) is 13.5. The van der Waals surface area contributed by atoms with Crippen LogP contribution in [0, 0.1) is 0 Å². The van der Waals surface area contributed by atoms with Crippen molar-refractivity contribution in [1.82, 2.24) is 9.88 Å². The minimum atomic E-state index is -0.494. The lowest BCUT2D eigenvalue weighted by molar-refractivity contribution is -0.133. The highest BCUT2D eigenvalue weighted by Crippen LogP contribution is 2.40. The first-order valence-electron chi connectivity index (χ1n) is 12.0. The zero-order valence-electron chi connectivity index (χ0n) is 19.1. The van der Waals surface area contributed by atoms with Crippen molar-refractivity contribution in [3.05, 3.63) is 70.4 Å². The molecule has 1 aromatic heterocycles. The topological polar surface area (TPSA) is 63.5 Å². The van der Waals surface area contributed by atoms with Gasteiger partial charge in [0.2, 0.25) is 5.91 Å². The first-order chi connectivity index (χ1) is 16.5. The molecule has 3 aromatic rings. The smallest absolute Gasteiger partial charge is 0.220 e. The molecule has 2 heterocycles. The Kier molecular flexibility index (Phi) is 7.30. The predicted molar refractivity (Wildman–Crippen MR) is 139 cm³/mol. The molecule has 7 heteroatoms. The number of hydrogen-bond donors (Lipinski definition) is 2. The van der Waals surface area contributed by atoms with Crippen molar-refractivity contribution in [2.45, 2.75) is 62.9 Å². The fourth-order valence-corrected chi connectivity index (χ4v) is 5.59. The van der Waals surface area contributed by atoms with Gasteiger partial charge in [-0.3, -0.25) is 4.79 Å². The molecular weight excluding hydrogens is 516 g/mol. The summed E-state index contributed by atoms with van der Waals surface area (Å²) in [7, 11) is 0. The van der Waals surface area contributed by atoms with Gasteiger partial charge in [-0.2, -0.15) is 0 Å². The van der Waals surface area contributed by atoms with Crippen LogP contribution in [0.25, 0.3) is 10.9 Å². The Morgan fingerprint density at radius 2 is 1.97 bits per heavy atom. The first kappa shape index (κ1) is 23.9. The minimum Gasteiger partial charge on any atom is -0.393 e. The number of nitrogens with one attached hydrogen (secondary N) is 1. The third-order valence-electron chi connectivity index (χ3n) is 6.83. The van der Waals surface area contributed by atoms with E-state index in [1.807, 2.05) is 12.1 Å². The summed E-state index contributed by atoms with van der Waals surface area (Å²) in [6, 6.07) is 14.9. The van der Waals surface area contributed by atoms with Crippen LogP contribution in [0.3, 0.4) is 0 Å². The second-order valence-electron chi connectivity index (χ2n) is 9.47. The van der Waals surface area contributed by atoms with Gasteiger partial charge in [-0.25, -0.2) is 0 Å². The second-order valence-corrected chi connectivity index (χ2v) is 10.7. The van der Waals surface area contributed by atoms with E-state index in [4.69, 9.17) is 16.3 Å². The van der Waals surface area contributed by atoms with Crippen LogP contribution < -0.4 is 5.32 Å². The van der Waals surface area contributed by atoms with E-state index in [1.165, 1.54) is 24.0 Å². The molecule has 2 N–H and O–H groups in total. The fourth-order valence-electron chi connectivity index (χ4n) is 4.94. The van der Waals surface area contributed by atoms with Gasteiger partial charge in [0.1, 0.15) is 6.23 Å². The van der Waals surface area contributed by atoms with Crippen molar-refractivity contribution < 1.29 is 14.6 Å². The van der Waals surface area contributed by atoms with Crippen molar-refractivity contribution >= 4 is 44.3 Å². The van der Waals surface area contributed by atoms with Gasteiger partial charge in [-0.15, -0.1) is 0 Å². The van der Waals surface area contributed by atoms with Crippen LogP contribution in [0.5, 0.6) is 0 Å². The van der Waals surface area contributed by atoms with E-state index in [2.05, 4.69) is 62.3 Å². The number of ether oxygens (including phenoxy) is 1. The van der Waals surface area contributed by atoms with E-state index >= 15 is 0 Å². The molecule has 0 spiro atoms. The number of amides is 1. The molecule has 2 aliphatic rings. The molecule has 2 fully saturated rings. The Morgan fingerprint density at radius 1 is 1.18 bits per heavy atom. The summed E-state index contributed by atoms with van der Waals surface area (Å²) in [6.45, 7) is 0.388. The molecule has 5 nitrogen and oxygen atoms in total. The maximum atomic E-state index is 11.9. The largest absolute Gasteiger partial charge is 0.393 e. The molecule has 1 saturated carbocycles. The van der Waals surface area contributed by atoms with Crippen LogP contribution in [0.2, 0.25) is 5.02 Å². The van der Waals surface area contributed by atoms with E-state index in [9.17, 15) is 9.90 Å². The Bertz CT molecular complexity index is 1160. The third kappa shape index (κ3) is 5.35. The van der Waals surface area contributed by atoms with Gasteiger partial charge >= 0.3 is 0 Å². The van der Waals surface area contributed by atoms with E-state index in [-0.39, 0.29) is 18.2 Å². The summed E-state index contributed by atoms with van der Waals surface area (Å²) < 4.78 is 8.47. The molecule has 0 radical (unpaired) electrons. The summed E-state index contributed by atoms with van der Waals surface area (Å²) in [5.41, 5.74) is 4.83. The molecule has 1 saturated heterocycles. The Hall–Kier alpha value is -1.86. The van der Waals surface area contributed by atoms with Crippen LogP contribution in [-0.4, -0.2) is 39.7 Å². The number of halogens is 2. The van der Waals surface area contributed by atoms with Gasteiger partial charge in [-0.05, 0) is 54.0 Å². The van der Waals surface area contributed by atoms with Crippen molar-refractivity contribution in [1.29, 1.82) is 0 Å². The van der Waals surface area contributed by atoms with E-state index < -0.39 is 6.10 Å². The number of nitrogens with zero attached hydrogens (tertiary/aromatic N) is 1. The zero-order chi connectivity index (χ0) is 23.7. The lowest BCUT2D eigenvalue weighted by atomic mass is 10.0. The quantitative estimate of drug-likeness (QED) is 0.357. The highest BCUT2D eigenvalue weighted by Gasteiger charge is 2.31. The molecule has 1 amide bonds. The highest BCUT2D eigenvalue weighted by atomic mass is 79.9. The molecule has 0 bridgehead atoms. The number of benzene rings is 2. The predicted octanol–water partition coefficient (Wildman–Crippen LogP) is 5.70. The second kappa shape index (κ2) is 10.4. The van der Waals surface area contributed by atoms with Crippen LogP contribution in [0.15, 0.2) is 48.7 Å². The molecule has 0 unspecified atom stereocenters. The molecule has 1 aliphatic carbocycles. The molecule has 3 atom stereocenters. The lowest BCUT2D eigenvalue weighted by Crippen LogP contribution is -2.41. The molecule has 34 heavy (non-hydrogen) atoms. The zero-order valence-corrected chi connectivity index (χ0v) is 21.4. The van der Waals surface area contributed by atoms with Crippen molar-refractivity contribution in [2.75, 3.05) is 11.9 Å². The van der Waals surface area contributed by atoms with Crippen LogP contribution >= 0.6 is 27.5 Å². The Morgan fingerprint density at radius 3 is 2.71 bits per heavy atom. The minimum absolute atomic E-state index is 0.0229. The number of carbonyl (C=O) groups excluding carboxylic acids is 1. The normalized spacial score (nSPS) is 22.7. The molecule has 2 aromatic carbocycles. The number of alkyl halides is 1. The average Bonchev–Trinajstić information content (AvgIpc) is 3.60. The number of hydrogen-bond acceptors (Lipinski definition) is 3. The summed E-state index contributed by atoms with van der Waals surface area (Å²) in [5, 5.41) is 15.9. The summed E-state index contributed by atoms with van der Waals surface area (Å²) in [4.78, 5) is 11.9. The third-order valence-corrected chi connectivity index (χ3v) is 7.54. The average molecular weight is 546 g/mol. The van der Waals surface area contributed by atoms with Crippen molar-refractivity contribution in [2.24, 2.45) is 0 Å². The maximum absolute atomic E-state index is 11.9. The number of aliphatic hydroxyl groups excluding tert-OH is 1. The Labute approximate surface area is 213 Å². The molecule has 180 valence electrons. The van der Waals surface area contributed by atoms with Crippen LogP contribution in [0.1, 0.15) is 60.9 Å².